The van der Waals surface area contributed by atoms with Gasteiger partial charge >= 0.3 is 40.0 Å². The Labute approximate surface area is 191 Å². The van der Waals surface area contributed by atoms with Crippen molar-refractivity contribution in [3.63, 3.8) is 0 Å². The normalized spacial score (nSPS) is 32.8. The van der Waals surface area contributed by atoms with Crippen LogP contribution in [0.25, 0.3) is 0 Å². The van der Waals surface area contributed by atoms with Crippen molar-refractivity contribution in [3.05, 3.63) is 71.8 Å². The van der Waals surface area contributed by atoms with Crippen LogP contribution in [0.4, 0.5) is 0 Å². The van der Waals surface area contributed by atoms with Gasteiger partial charge in [-0.15, -0.1) is 0 Å². The van der Waals surface area contributed by atoms with E-state index in [1.165, 1.54) is 38.5 Å². The van der Waals surface area contributed by atoms with Gasteiger partial charge in [0.1, 0.15) is 0 Å². The molecule has 0 aliphatic heterocycles. The molecule has 0 radical (unpaired) electrons. The predicted octanol–water partition coefficient (Wildman–Crippen LogP) is 1.94. The van der Waals surface area contributed by atoms with E-state index in [1.807, 2.05) is 0 Å². The minimum Gasteiger partial charge on any atom is -1.00 e. The molecular formula is C22H27NaO4S. The van der Waals surface area contributed by atoms with E-state index in [2.05, 4.69) is 60.7 Å². The van der Waals surface area contributed by atoms with Gasteiger partial charge in [0.2, 0.25) is 0 Å². The van der Waals surface area contributed by atoms with Gasteiger partial charge in [0.25, 0.3) is 0 Å². The van der Waals surface area contributed by atoms with Crippen molar-refractivity contribution >= 4 is 10.4 Å². The minimum atomic E-state index is -4.67. The molecule has 0 unspecified atom stereocenters. The molecule has 4 saturated carbocycles. The quantitative estimate of drug-likeness (QED) is 0.586. The van der Waals surface area contributed by atoms with E-state index in [9.17, 15) is 0 Å². The van der Waals surface area contributed by atoms with E-state index < -0.39 is 10.4 Å². The molecule has 0 heterocycles. The number of hydrogen-bond acceptors (Lipinski definition) is 2. The smallest absolute Gasteiger partial charge is 1.00 e. The van der Waals surface area contributed by atoms with Gasteiger partial charge in [-0.25, -0.2) is 0 Å². The fourth-order valence-corrected chi connectivity index (χ4v) is 6.52. The van der Waals surface area contributed by atoms with Crippen LogP contribution in [-0.4, -0.2) is 17.5 Å². The van der Waals surface area contributed by atoms with Crippen LogP contribution in [-0.2, 0) is 21.2 Å². The Morgan fingerprint density at radius 2 is 1.07 bits per heavy atom. The Morgan fingerprint density at radius 3 is 1.39 bits per heavy atom. The first-order chi connectivity index (χ1) is 12.8. The van der Waals surface area contributed by atoms with Gasteiger partial charge in [0.15, 0.2) is 0 Å². The zero-order chi connectivity index (χ0) is 19.1. The van der Waals surface area contributed by atoms with Crippen LogP contribution in [0.3, 0.4) is 0 Å². The van der Waals surface area contributed by atoms with Crippen LogP contribution >= 0.6 is 0 Å². The maximum atomic E-state index is 8.74. The fraction of sp³-hybridized carbons (Fsp3) is 0.455. The van der Waals surface area contributed by atoms with Crippen LogP contribution in [0, 0.1) is 11.8 Å². The second kappa shape index (κ2) is 8.21. The minimum absolute atomic E-state index is 0. The van der Waals surface area contributed by atoms with Gasteiger partial charge in [-0.2, -0.15) is 8.42 Å². The van der Waals surface area contributed by atoms with Crippen molar-refractivity contribution < 1.29 is 48.5 Å². The SMILES string of the molecule is O=S(=O)(O)O.[H-].[Na+].c1ccc(C23CC4CC(C2)CC(c2ccccc2)(C4)C3)cc1. The number of hydrogen-bond donors (Lipinski definition) is 2. The summed E-state index contributed by atoms with van der Waals surface area (Å²) < 4.78 is 31.6. The summed E-state index contributed by atoms with van der Waals surface area (Å²) in [5.74, 6) is 1.89. The summed E-state index contributed by atoms with van der Waals surface area (Å²) >= 11 is 0. The van der Waals surface area contributed by atoms with Crippen LogP contribution in [0.1, 0.15) is 51.1 Å². The molecule has 0 saturated heterocycles. The molecule has 0 aromatic heterocycles. The third-order valence-corrected chi connectivity index (χ3v) is 6.83. The van der Waals surface area contributed by atoms with E-state index in [1.54, 1.807) is 11.1 Å². The van der Waals surface area contributed by atoms with Crippen molar-refractivity contribution in [2.75, 3.05) is 0 Å². The summed E-state index contributed by atoms with van der Waals surface area (Å²) in [5, 5.41) is 0. The number of rotatable bonds is 2. The fourth-order valence-electron chi connectivity index (χ4n) is 6.52. The second-order valence-electron chi connectivity index (χ2n) is 8.70. The summed E-state index contributed by atoms with van der Waals surface area (Å²) in [6, 6.07) is 22.9. The molecule has 0 spiro atoms. The molecular weight excluding hydrogens is 383 g/mol. The van der Waals surface area contributed by atoms with Crippen LogP contribution in [0.5, 0.6) is 0 Å². The van der Waals surface area contributed by atoms with E-state index >= 15 is 0 Å². The third-order valence-electron chi connectivity index (χ3n) is 6.83. The summed E-state index contributed by atoms with van der Waals surface area (Å²) in [4.78, 5) is 0. The third kappa shape index (κ3) is 4.55. The molecule has 146 valence electrons. The maximum Gasteiger partial charge on any atom is 1.00 e. The Bertz CT molecular complexity index is 825. The molecule has 4 fully saturated rings. The largest absolute Gasteiger partial charge is 1.00 e. The van der Waals surface area contributed by atoms with E-state index in [0.717, 1.165) is 11.8 Å². The summed E-state index contributed by atoms with van der Waals surface area (Å²) in [6.45, 7) is 0. The van der Waals surface area contributed by atoms with Crippen molar-refractivity contribution in [3.8, 4) is 0 Å². The average Bonchev–Trinajstić information content (AvgIpc) is 2.61. The standard InChI is InChI=1S/C22H24.Na.H2O4S.H/c1-3-7-19(8-4-1)21-12-17-11-18(13-21)15-22(14-17,16-21)20-9-5-2-6-10-20;;1-5(2,3)4;/h1-10,17-18H,11-16H2;;(H2,1,2,3,4);/q;+1;;-1. The van der Waals surface area contributed by atoms with Gasteiger partial charge in [0, 0.05) is 0 Å². The zero-order valence-electron chi connectivity index (χ0n) is 17.3. The first-order valence-electron chi connectivity index (χ1n) is 9.59. The first kappa shape index (κ1) is 22.0. The van der Waals surface area contributed by atoms with Crippen molar-refractivity contribution in [1.29, 1.82) is 0 Å². The van der Waals surface area contributed by atoms with Crippen molar-refractivity contribution in [2.45, 2.75) is 49.4 Å². The average molecular weight is 411 g/mol. The van der Waals surface area contributed by atoms with Crippen LogP contribution in [0.15, 0.2) is 60.7 Å². The Morgan fingerprint density at radius 1 is 0.750 bits per heavy atom. The molecule has 4 aliphatic rings. The molecule has 2 N–H and O–H groups in total. The molecule has 6 rings (SSSR count). The second-order valence-corrected chi connectivity index (χ2v) is 9.60. The molecule has 4 bridgehead atoms. The zero-order valence-corrected chi connectivity index (χ0v) is 19.1. The first-order valence-corrected chi connectivity index (χ1v) is 11.0. The van der Waals surface area contributed by atoms with Gasteiger partial charge in [-0.1, -0.05) is 60.7 Å². The molecule has 4 aliphatic carbocycles. The van der Waals surface area contributed by atoms with Gasteiger partial charge in [0.05, 0.1) is 0 Å². The van der Waals surface area contributed by atoms with Gasteiger partial charge in [-0.05, 0) is 72.3 Å². The Balaban J connectivity index is 0.000000388. The van der Waals surface area contributed by atoms with Crippen molar-refractivity contribution in [2.24, 2.45) is 11.8 Å². The molecule has 0 amide bonds. The Hall–Kier alpha value is -0.690. The van der Waals surface area contributed by atoms with Gasteiger partial charge in [-0.3, -0.25) is 9.11 Å². The maximum absolute atomic E-state index is 8.74. The molecule has 2 aromatic rings. The topological polar surface area (TPSA) is 74.6 Å². The summed E-state index contributed by atoms with van der Waals surface area (Å²) in [6.07, 6.45) is 8.60. The van der Waals surface area contributed by atoms with Crippen LogP contribution < -0.4 is 29.6 Å². The summed E-state index contributed by atoms with van der Waals surface area (Å²) in [5.41, 5.74) is 4.15. The summed E-state index contributed by atoms with van der Waals surface area (Å²) in [7, 11) is -4.67. The molecule has 2 aromatic carbocycles. The van der Waals surface area contributed by atoms with Crippen LogP contribution in [0.2, 0.25) is 0 Å². The van der Waals surface area contributed by atoms with E-state index in [-0.39, 0.29) is 31.0 Å². The monoisotopic (exact) mass is 410 g/mol. The Kier molecular flexibility index (Phi) is 6.45. The van der Waals surface area contributed by atoms with E-state index in [4.69, 9.17) is 17.5 Å². The predicted molar refractivity (Wildman–Crippen MR) is 106 cm³/mol. The molecule has 4 nitrogen and oxygen atoms in total. The van der Waals surface area contributed by atoms with Crippen molar-refractivity contribution in [1.82, 2.24) is 0 Å². The molecule has 6 heteroatoms. The molecule has 0 atom stereocenters. The van der Waals surface area contributed by atoms with Gasteiger partial charge < -0.3 is 1.43 Å². The number of benzene rings is 2. The van der Waals surface area contributed by atoms with E-state index in [0.29, 0.717) is 10.8 Å². The molecule has 28 heavy (non-hydrogen) atoms.